The van der Waals surface area contributed by atoms with Crippen molar-refractivity contribution in [1.82, 2.24) is 9.97 Å². The number of nitrogens with zero attached hydrogens (tertiary/aromatic N) is 2. The number of aromatic nitrogens is 2. The summed E-state index contributed by atoms with van der Waals surface area (Å²) in [5, 5.41) is 2.20. The number of benzene rings is 1. The van der Waals surface area contributed by atoms with Gasteiger partial charge in [0.2, 0.25) is 0 Å². The smallest absolute Gasteiger partial charge is 0.0972 e. The lowest BCUT2D eigenvalue weighted by atomic mass is 10.1. The van der Waals surface area contributed by atoms with Gasteiger partial charge in [0.05, 0.1) is 16.7 Å². The molecule has 0 aliphatic carbocycles. The van der Waals surface area contributed by atoms with Gasteiger partial charge in [-0.1, -0.05) is 30.8 Å². The average molecular weight is 219 g/mol. The van der Waals surface area contributed by atoms with Crippen molar-refractivity contribution in [2.24, 2.45) is 0 Å². The maximum absolute atomic E-state index is 4.57. The zero-order valence-corrected chi connectivity index (χ0v) is 9.57. The lowest BCUT2D eigenvalue weighted by Crippen LogP contribution is -1.89. The molecule has 0 unspecified atom stereocenters. The summed E-state index contributed by atoms with van der Waals surface area (Å²) >= 11 is 0. The van der Waals surface area contributed by atoms with Gasteiger partial charge in [-0.15, -0.1) is 0 Å². The number of fused-ring (bicyclic) bond motifs is 3. The largest absolute Gasteiger partial charge is 0.251 e. The van der Waals surface area contributed by atoms with Crippen LogP contribution in [0.1, 0.15) is 11.4 Å². The number of rotatable bonds is 1. The summed E-state index contributed by atoms with van der Waals surface area (Å²) in [6.07, 6.45) is 2.81. The van der Waals surface area contributed by atoms with Crippen LogP contribution in [0.25, 0.3) is 21.8 Å². The lowest BCUT2D eigenvalue weighted by molar-refractivity contribution is 1.25. The van der Waals surface area contributed by atoms with Crippen LogP contribution in [0.4, 0.5) is 0 Å². The second-order valence-corrected chi connectivity index (χ2v) is 4.03. The van der Waals surface area contributed by atoms with Gasteiger partial charge < -0.3 is 0 Å². The molecule has 0 saturated carbocycles. The van der Waals surface area contributed by atoms with E-state index in [-0.39, 0.29) is 0 Å². The molecular weight excluding hydrogens is 208 g/mol. The Bertz CT molecular complexity index is 729. The van der Waals surface area contributed by atoms with Crippen LogP contribution in [0.2, 0.25) is 0 Å². The Morgan fingerprint density at radius 1 is 0.882 bits per heavy atom. The second-order valence-electron chi connectivity index (χ2n) is 4.03. The first-order valence-corrected chi connectivity index (χ1v) is 5.48. The van der Waals surface area contributed by atoms with Crippen molar-refractivity contribution in [3.63, 3.8) is 0 Å². The molecule has 3 rings (SSSR count). The van der Waals surface area contributed by atoms with Gasteiger partial charge in [0.1, 0.15) is 0 Å². The molecule has 0 spiro atoms. The van der Waals surface area contributed by atoms with Crippen LogP contribution in [-0.4, -0.2) is 9.97 Å². The molecular formula is C15H11N2. The minimum atomic E-state index is 0.758. The maximum atomic E-state index is 4.57. The Morgan fingerprint density at radius 3 is 2.18 bits per heavy atom. The van der Waals surface area contributed by atoms with Crippen LogP contribution in [0.15, 0.2) is 43.0 Å². The van der Waals surface area contributed by atoms with E-state index in [1.54, 1.807) is 0 Å². The van der Waals surface area contributed by atoms with Crippen molar-refractivity contribution >= 4 is 21.8 Å². The van der Waals surface area contributed by atoms with Gasteiger partial charge >= 0.3 is 0 Å². The van der Waals surface area contributed by atoms with E-state index in [4.69, 9.17) is 0 Å². The van der Waals surface area contributed by atoms with Gasteiger partial charge in [0.15, 0.2) is 0 Å². The fourth-order valence-corrected chi connectivity index (χ4v) is 1.96. The van der Waals surface area contributed by atoms with E-state index in [0.29, 0.717) is 0 Å². The Labute approximate surface area is 99.6 Å². The SMILES string of the molecule is C=[C]c1ccc2ccc3ccc(C)nc3c2n1. The van der Waals surface area contributed by atoms with Crippen molar-refractivity contribution in [1.29, 1.82) is 0 Å². The molecule has 0 aliphatic rings. The van der Waals surface area contributed by atoms with Crippen LogP contribution in [0.3, 0.4) is 0 Å². The standard InChI is InChI=1S/C15H11N2/c1-3-13-9-8-12-7-6-11-5-4-10(2)16-14(11)15(12)17-13/h4-9H,1H2,2H3. The molecule has 0 amide bonds. The summed E-state index contributed by atoms with van der Waals surface area (Å²) in [5.74, 6) is 0. The van der Waals surface area contributed by atoms with E-state index in [0.717, 1.165) is 33.2 Å². The molecule has 0 N–H and O–H groups in total. The van der Waals surface area contributed by atoms with Gasteiger partial charge in [-0.3, -0.25) is 4.98 Å². The Kier molecular flexibility index (Phi) is 2.15. The second kappa shape index (κ2) is 3.67. The van der Waals surface area contributed by atoms with Crippen LogP contribution in [0.5, 0.6) is 0 Å². The molecule has 81 valence electrons. The number of hydrogen-bond donors (Lipinski definition) is 0. The van der Waals surface area contributed by atoms with Crippen LogP contribution < -0.4 is 0 Å². The van der Waals surface area contributed by atoms with E-state index in [2.05, 4.69) is 40.8 Å². The molecule has 2 heteroatoms. The summed E-state index contributed by atoms with van der Waals surface area (Å²) in [5.41, 5.74) is 3.62. The molecule has 0 aliphatic heterocycles. The molecule has 1 radical (unpaired) electrons. The third kappa shape index (κ3) is 1.58. The third-order valence-electron chi connectivity index (χ3n) is 2.84. The van der Waals surface area contributed by atoms with Crippen LogP contribution in [0, 0.1) is 13.0 Å². The van der Waals surface area contributed by atoms with Crippen molar-refractivity contribution in [2.75, 3.05) is 0 Å². The molecule has 2 aromatic heterocycles. The van der Waals surface area contributed by atoms with Crippen molar-refractivity contribution in [3.05, 3.63) is 60.4 Å². The Hall–Kier alpha value is -2.22. The predicted molar refractivity (Wildman–Crippen MR) is 69.8 cm³/mol. The Balaban J connectivity index is 2.51. The summed E-state index contributed by atoms with van der Waals surface area (Å²) < 4.78 is 0. The molecule has 0 atom stereocenters. The predicted octanol–water partition coefficient (Wildman–Crippen LogP) is 3.43. The van der Waals surface area contributed by atoms with Crippen molar-refractivity contribution in [3.8, 4) is 0 Å². The molecule has 0 bridgehead atoms. The summed E-state index contributed by atoms with van der Waals surface area (Å²) in [6, 6.07) is 12.2. The van der Waals surface area contributed by atoms with E-state index < -0.39 is 0 Å². The highest BCUT2D eigenvalue weighted by Crippen LogP contribution is 2.22. The first kappa shape index (κ1) is 9.97. The fourth-order valence-electron chi connectivity index (χ4n) is 1.96. The van der Waals surface area contributed by atoms with E-state index >= 15 is 0 Å². The molecule has 1 aromatic carbocycles. The van der Waals surface area contributed by atoms with Gasteiger partial charge in [-0.05, 0) is 19.1 Å². The average Bonchev–Trinajstić information content (AvgIpc) is 2.38. The Morgan fingerprint density at radius 2 is 1.47 bits per heavy atom. The first-order chi connectivity index (χ1) is 8.28. The van der Waals surface area contributed by atoms with Crippen LogP contribution in [-0.2, 0) is 0 Å². The van der Waals surface area contributed by atoms with Crippen molar-refractivity contribution < 1.29 is 0 Å². The third-order valence-corrected chi connectivity index (χ3v) is 2.84. The zero-order valence-electron chi connectivity index (χ0n) is 9.57. The minimum Gasteiger partial charge on any atom is -0.251 e. The molecule has 2 heterocycles. The normalized spacial score (nSPS) is 10.9. The highest BCUT2D eigenvalue weighted by atomic mass is 14.8. The van der Waals surface area contributed by atoms with Crippen LogP contribution >= 0.6 is 0 Å². The van der Waals surface area contributed by atoms with Gasteiger partial charge in [0.25, 0.3) is 0 Å². The number of hydrogen-bond acceptors (Lipinski definition) is 2. The highest BCUT2D eigenvalue weighted by Gasteiger charge is 2.04. The highest BCUT2D eigenvalue weighted by molar-refractivity contribution is 6.02. The fraction of sp³-hybridized carbons (Fsp3) is 0.0667. The molecule has 0 saturated heterocycles. The molecule has 17 heavy (non-hydrogen) atoms. The molecule has 0 fully saturated rings. The summed E-state index contributed by atoms with van der Waals surface area (Å²) in [4.78, 5) is 9.10. The summed E-state index contributed by atoms with van der Waals surface area (Å²) in [6.45, 7) is 5.62. The van der Waals surface area contributed by atoms with Gasteiger partial charge in [0, 0.05) is 22.5 Å². The lowest BCUT2D eigenvalue weighted by Gasteiger charge is -2.04. The minimum absolute atomic E-state index is 0.758. The zero-order chi connectivity index (χ0) is 11.8. The molecule has 3 aromatic rings. The number of pyridine rings is 2. The quantitative estimate of drug-likeness (QED) is 0.586. The monoisotopic (exact) mass is 219 g/mol. The maximum Gasteiger partial charge on any atom is 0.0972 e. The summed E-state index contributed by atoms with van der Waals surface area (Å²) in [7, 11) is 0. The molecule has 2 nitrogen and oxygen atoms in total. The van der Waals surface area contributed by atoms with E-state index in [1.165, 1.54) is 0 Å². The van der Waals surface area contributed by atoms with Crippen molar-refractivity contribution in [2.45, 2.75) is 6.92 Å². The first-order valence-electron chi connectivity index (χ1n) is 5.48. The van der Waals surface area contributed by atoms with Gasteiger partial charge in [-0.2, -0.15) is 0 Å². The number of aryl methyl sites for hydroxylation is 1. The topological polar surface area (TPSA) is 25.8 Å². The van der Waals surface area contributed by atoms with Gasteiger partial charge in [-0.25, -0.2) is 4.98 Å². The van der Waals surface area contributed by atoms with E-state index in [9.17, 15) is 0 Å². The van der Waals surface area contributed by atoms with E-state index in [1.807, 2.05) is 25.1 Å².